The lowest BCUT2D eigenvalue weighted by Gasteiger charge is -2.04. The van der Waals surface area contributed by atoms with Crippen LogP contribution in [0.4, 0.5) is 0 Å². The van der Waals surface area contributed by atoms with Gasteiger partial charge in [-0.1, -0.05) is 6.08 Å². The maximum absolute atomic E-state index is 11.0. The molecule has 0 bridgehead atoms. The predicted molar refractivity (Wildman–Crippen MR) is 42.6 cm³/mol. The Kier molecular flexibility index (Phi) is 3.97. The molecule has 0 fully saturated rings. The van der Waals surface area contributed by atoms with Gasteiger partial charge >= 0.3 is 0 Å². The molecular weight excluding hydrogens is 140 g/mol. The molecule has 0 saturated heterocycles. The molecule has 1 unspecified atom stereocenters. The predicted octanol–water partition coefficient (Wildman–Crippen LogP) is 0.981. The third-order valence-corrected chi connectivity index (χ3v) is 1.33. The molecule has 60 valence electrons. The van der Waals surface area contributed by atoms with Gasteiger partial charge < -0.3 is 5.32 Å². The van der Waals surface area contributed by atoms with Crippen LogP contribution in [0.5, 0.6) is 0 Å². The van der Waals surface area contributed by atoms with Crippen LogP contribution in [0.3, 0.4) is 0 Å². The second kappa shape index (κ2) is 4.51. The molecule has 0 saturated carbocycles. The van der Waals surface area contributed by atoms with Crippen molar-refractivity contribution in [3.8, 4) is 6.07 Å². The number of carbonyl (C=O) groups excluding carboxylic acids is 1. The third-order valence-electron chi connectivity index (χ3n) is 1.33. The van der Waals surface area contributed by atoms with E-state index >= 15 is 0 Å². The molecule has 3 nitrogen and oxygen atoms in total. The molecule has 0 aliphatic rings. The van der Waals surface area contributed by atoms with Gasteiger partial charge in [-0.3, -0.25) is 4.79 Å². The van der Waals surface area contributed by atoms with Crippen molar-refractivity contribution >= 4 is 5.91 Å². The molecule has 1 atom stereocenters. The molecule has 1 N–H and O–H groups in total. The van der Waals surface area contributed by atoms with Crippen LogP contribution in [0.25, 0.3) is 0 Å². The minimum absolute atomic E-state index is 0.179. The second-order valence-corrected chi connectivity index (χ2v) is 2.30. The summed E-state index contributed by atoms with van der Waals surface area (Å²) in [5.74, 6) is -0.179. The molecule has 0 rings (SSSR count). The maximum atomic E-state index is 11.0. The van der Waals surface area contributed by atoms with Crippen LogP contribution in [0.2, 0.25) is 0 Å². The fourth-order valence-corrected chi connectivity index (χ4v) is 0.474. The van der Waals surface area contributed by atoms with E-state index < -0.39 is 6.04 Å². The Bertz CT molecular complexity index is 213. The molecule has 0 radical (unpaired) electrons. The van der Waals surface area contributed by atoms with E-state index in [0.717, 1.165) is 0 Å². The molecule has 0 aliphatic carbocycles. The van der Waals surface area contributed by atoms with Crippen molar-refractivity contribution in [1.82, 2.24) is 5.32 Å². The van der Waals surface area contributed by atoms with Gasteiger partial charge in [0.1, 0.15) is 6.04 Å². The Hall–Kier alpha value is -1.30. The smallest absolute Gasteiger partial charge is 0.247 e. The minimum Gasteiger partial charge on any atom is -0.337 e. The van der Waals surface area contributed by atoms with Gasteiger partial charge in [-0.25, -0.2) is 0 Å². The quantitative estimate of drug-likeness (QED) is 0.600. The monoisotopic (exact) mass is 152 g/mol. The third kappa shape index (κ3) is 3.41. The molecule has 0 spiro atoms. The van der Waals surface area contributed by atoms with Crippen LogP contribution in [0.15, 0.2) is 11.6 Å². The molecule has 0 aromatic heterocycles. The topological polar surface area (TPSA) is 52.9 Å². The van der Waals surface area contributed by atoms with Crippen LogP contribution in [-0.2, 0) is 4.79 Å². The average molecular weight is 152 g/mol. The minimum atomic E-state index is -0.419. The number of nitrogens with one attached hydrogen (secondary N) is 1. The molecule has 0 aromatic rings. The standard InChI is InChI=1S/C8H12N2O/c1-4-6(2)8(11)10-7(3)5-9/h4,7H,1-3H3,(H,10,11)/b6-4-. The van der Waals surface area contributed by atoms with E-state index in [1.807, 2.05) is 6.07 Å². The normalized spacial score (nSPS) is 13.5. The summed E-state index contributed by atoms with van der Waals surface area (Å²) in [5.41, 5.74) is 0.632. The summed E-state index contributed by atoms with van der Waals surface area (Å²) in [7, 11) is 0. The first-order valence-electron chi connectivity index (χ1n) is 3.45. The second-order valence-electron chi connectivity index (χ2n) is 2.30. The molecule has 0 aromatic carbocycles. The van der Waals surface area contributed by atoms with Gasteiger partial charge in [-0.15, -0.1) is 0 Å². The van der Waals surface area contributed by atoms with E-state index in [0.29, 0.717) is 5.57 Å². The molecule has 1 amide bonds. The number of amides is 1. The molecule has 0 heterocycles. The first-order chi connectivity index (χ1) is 5.11. The summed E-state index contributed by atoms with van der Waals surface area (Å²) in [6, 6.07) is 1.50. The van der Waals surface area contributed by atoms with Gasteiger partial charge in [-0.05, 0) is 20.8 Å². The number of carbonyl (C=O) groups is 1. The summed E-state index contributed by atoms with van der Waals surface area (Å²) in [6.07, 6.45) is 1.71. The van der Waals surface area contributed by atoms with Gasteiger partial charge in [0, 0.05) is 5.57 Å². The van der Waals surface area contributed by atoms with E-state index in [1.165, 1.54) is 0 Å². The Morgan fingerprint density at radius 1 is 1.73 bits per heavy atom. The fourth-order valence-electron chi connectivity index (χ4n) is 0.474. The van der Waals surface area contributed by atoms with Gasteiger partial charge in [0.25, 0.3) is 0 Å². The number of rotatable bonds is 2. The molecule has 3 heteroatoms. The van der Waals surface area contributed by atoms with Crippen molar-refractivity contribution in [2.45, 2.75) is 26.8 Å². The van der Waals surface area contributed by atoms with Gasteiger partial charge in [0.05, 0.1) is 6.07 Å². The van der Waals surface area contributed by atoms with Crippen molar-refractivity contribution in [2.24, 2.45) is 0 Å². The Morgan fingerprint density at radius 3 is 2.64 bits per heavy atom. The largest absolute Gasteiger partial charge is 0.337 e. The van der Waals surface area contributed by atoms with Crippen LogP contribution < -0.4 is 5.32 Å². The van der Waals surface area contributed by atoms with Crippen molar-refractivity contribution in [3.05, 3.63) is 11.6 Å². The van der Waals surface area contributed by atoms with E-state index in [4.69, 9.17) is 5.26 Å². The van der Waals surface area contributed by atoms with E-state index in [-0.39, 0.29) is 5.91 Å². The molecular formula is C8H12N2O. The van der Waals surface area contributed by atoms with Crippen molar-refractivity contribution in [1.29, 1.82) is 5.26 Å². The SMILES string of the molecule is C/C=C(/C)C(=O)NC(C)C#N. The number of nitrogens with zero attached hydrogens (tertiary/aromatic N) is 1. The number of hydrogen-bond donors (Lipinski definition) is 1. The Morgan fingerprint density at radius 2 is 2.27 bits per heavy atom. The zero-order valence-electron chi connectivity index (χ0n) is 7.01. The van der Waals surface area contributed by atoms with Gasteiger partial charge in [0.2, 0.25) is 5.91 Å². The highest BCUT2D eigenvalue weighted by molar-refractivity contribution is 5.92. The van der Waals surface area contributed by atoms with E-state index in [2.05, 4.69) is 5.32 Å². The highest BCUT2D eigenvalue weighted by atomic mass is 16.1. The average Bonchev–Trinajstić information content (AvgIpc) is 2.02. The Balaban J connectivity index is 4.01. The summed E-state index contributed by atoms with van der Waals surface area (Å²) in [6.45, 7) is 5.13. The molecule has 11 heavy (non-hydrogen) atoms. The summed E-state index contributed by atoms with van der Waals surface area (Å²) < 4.78 is 0. The number of nitriles is 1. The van der Waals surface area contributed by atoms with Crippen molar-refractivity contribution in [2.75, 3.05) is 0 Å². The zero-order valence-corrected chi connectivity index (χ0v) is 7.01. The van der Waals surface area contributed by atoms with Crippen LogP contribution in [-0.4, -0.2) is 11.9 Å². The summed E-state index contributed by atoms with van der Waals surface area (Å²) >= 11 is 0. The van der Waals surface area contributed by atoms with E-state index in [9.17, 15) is 4.79 Å². The highest BCUT2D eigenvalue weighted by Gasteiger charge is 2.05. The lowest BCUT2D eigenvalue weighted by Crippen LogP contribution is -2.31. The van der Waals surface area contributed by atoms with Crippen LogP contribution in [0.1, 0.15) is 20.8 Å². The summed E-state index contributed by atoms with van der Waals surface area (Å²) in [4.78, 5) is 11.0. The zero-order chi connectivity index (χ0) is 8.85. The lowest BCUT2D eigenvalue weighted by atomic mass is 10.2. The lowest BCUT2D eigenvalue weighted by molar-refractivity contribution is -0.117. The number of allylic oxidation sites excluding steroid dienone is 1. The number of hydrogen-bond acceptors (Lipinski definition) is 2. The first-order valence-corrected chi connectivity index (χ1v) is 3.45. The maximum Gasteiger partial charge on any atom is 0.247 e. The van der Waals surface area contributed by atoms with Crippen molar-refractivity contribution < 1.29 is 4.79 Å². The van der Waals surface area contributed by atoms with Crippen LogP contribution >= 0.6 is 0 Å². The highest BCUT2D eigenvalue weighted by Crippen LogP contribution is 1.91. The van der Waals surface area contributed by atoms with E-state index in [1.54, 1.807) is 26.8 Å². The Labute approximate surface area is 66.7 Å². The van der Waals surface area contributed by atoms with Crippen molar-refractivity contribution in [3.63, 3.8) is 0 Å². The van der Waals surface area contributed by atoms with Gasteiger partial charge in [-0.2, -0.15) is 5.26 Å². The van der Waals surface area contributed by atoms with Gasteiger partial charge in [0.15, 0.2) is 0 Å². The van der Waals surface area contributed by atoms with Crippen LogP contribution in [0, 0.1) is 11.3 Å². The molecule has 0 aliphatic heterocycles. The first kappa shape index (κ1) is 9.70. The fraction of sp³-hybridized carbons (Fsp3) is 0.500. The summed E-state index contributed by atoms with van der Waals surface area (Å²) in [5, 5.41) is 10.9.